The molecule has 0 radical (unpaired) electrons. The molecular weight excluding hydrogens is 414 g/mol. The third-order valence-electron chi connectivity index (χ3n) is 7.07. The van der Waals surface area contributed by atoms with Gasteiger partial charge in [-0.05, 0) is 57.4 Å². The molecule has 1 N–H and O–H groups in total. The van der Waals surface area contributed by atoms with Gasteiger partial charge >= 0.3 is 0 Å². The van der Waals surface area contributed by atoms with E-state index in [0.29, 0.717) is 25.2 Å². The number of likely N-dealkylation sites (tertiary alicyclic amines) is 1. The van der Waals surface area contributed by atoms with Crippen LogP contribution in [0.4, 0.5) is 0 Å². The van der Waals surface area contributed by atoms with E-state index in [1.165, 1.54) is 0 Å². The summed E-state index contributed by atoms with van der Waals surface area (Å²) in [5, 5.41) is 5.21. The van der Waals surface area contributed by atoms with Gasteiger partial charge in [-0.2, -0.15) is 0 Å². The number of hydrogen-bond donors (Lipinski definition) is 1. The van der Waals surface area contributed by atoms with Crippen LogP contribution in [-0.4, -0.2) is 72.1 Å². The van der Waals surface area contributed by atoms with Crippen LogP contribution < -0.4 is 5.32 Å². The minimum absolute atomic E-state index is 0.0147. The van der Waals surface area contributed by atoms with Crippen LogP contribution >= 0.6 is 0 Å². The van der Waals surface area contributed by atoms with Crippen molar-refractivity contribution < 1.29 is 14.3 Å². The van der Waals surface area contributed by atoms with Crippen LogP contribution in [0.2, 0.25) is 0 Å². The monoisotopic (exact) mass is 451 g/mol. The fourth-order valence-electron chi connectivity index (χ4n) is 5.19. The number of nitrogens with one attached hydrogen (secondary N) is 1. The van der Waals surface area contributed by atoms with Gasteiger partial charge in [0.05, 0.1) is 18.1 Å². The van der Waals surface area contributed by atoms with Crippen molar-refractivity contribution in [3.63, 3.8) is 0 Å². The molecule has 3 atom stereocenters. The van der Waals surface area contributed by atoms with E-state index < -0.39 is 0 Å². The third-order valence-corrected chi connectivity index (χ3v) is 7.07. The lowest BCUT2D eigenvalue weighted by Gasteiger charge is -2.45. The summed E-state index contributed by atoms with van der Waals surface area (Å²) < 4.78 is 5.86. The van der Waals surface area contributed by atoms with Crippen LogP contribution in [0.15, 0.2) is 42.5 Å². The average molecular weight is 452 g/mol. The Kier molecular flexibility index (Phi) is 7.05. The largest absolute Gasteiger partial charge is 0.373 e. The lowest BCUT2D eigenvalue weighted by atomic mass is 9.94. The quantitative estimate of drug-likeness (QED) is 0.753. The molecule has 2 aromatic carbocycles. The van der Waals surface area contributed by atoms with E-state index in [2.05, 4.69) is 37.9 Å². The van der Waals surface area contributed by atoms with Crippen molar-refractivity contribution in [3.05, 3.63) is 48.0 Å². The highest BCUT2D eigenvalue weighted by Gasteiger charge is 2.35. The Balaban J connectivity index is 1.38. The first-order valence-corrected chi connectivity index (χ1v) is 12.2. The fourth-order valence-corrected chi connectivity index (χ4v) is 5.19. The maximum atomic E-state index is 13.3. The molecule has 0 saturated carbocycles. The van der Waals surface area contributed by atoms with Gasteiger partial charge in [0.1, 0.15) is 0 Å². The zero-order chi connectivity index (χ0) is 23.6. The van der Waals surface area contributed by atoms with E-state index >= 15 is 0 Å². The zero-order valence-corrected chi connectivity index (χ0v) is 20.3. The Hall–Kier alpha value is -2.44. The number of nitrogens with zero attached hydrogens (tertiary/aromatic N) is 2. The second-order valence-corrected chi connectivity index (χ2v) is 10.3. The van der Waals surface area contributed by atoms with E-state index in [0.717, 1.165) is 36.7 Å². The van der Waals surface area contributed by atoms with Gasteiger partial charge in [-0.15, -0.1) is 0 Å². The highest BCUT2D eigenvalue weighted by atomic mass is 16.5. The second-order valence-electron chi connectivity index (χ2n) is 10.3. The van der Waals surface area contributed by atoms with Crippen LogP contribution in [0.3, 0.4) is 0 Å². The summed E-state index contributed by atoms with van der Waals surface area (Å²) >= 11 is 0. The van der Waals surface area contributed by atoms with Gasteiger partial charge in [-0.1, -0.05) is 36.4 Å². The Morgan fingerprint density at radius 1 is 1.03 bits per heavy atom. The summed E-state index contributed by atoms with van der Waals surface area (Å²) in [4.78, 5) is 30.7. The standard InChI is InChI=1S/C27H37N3O3/c1-19-15-30(16-20(2)33-19)27(3,4)18-28-25(31)22-11-8-14-29(17-22)26(32)24-13-7-10-21-9-5-6-12-23(21)24/h5-7,9-10,12-13,19-20,22H,8,11,14-18H2,1-4H3,(H,28,31)/t19-,20+,22-/m1/s1. The number of benzene rings is 2. The third kappa shape index (κ3) is 5.39. The summed E-state index contributed by atoms with van der Waals surface area (Å²) in [6, 6.07) is 13.8. The molecule has 33 heavy (non-hydrogen) atoms. The van der Waals surface area contributed by atoms with Crippen LogP contribution in [0, 0.1) is 5.92 Å². The number of piperidine rings is 1. The molecule has 0 bridgehead atoms. The summed E-state index contributed by atoms with van der Waals surface area (Å²) in [5.41, 5.74) is 0.556. The molecule has 2 amide bonds. The molecule has 2 saturated heterocycles. The van der Waals surface area contributed by atoms with Gasteiger partial charge in [0, 0.05) is 43.8 Å². The molecular formula is C27H37N3O3. The molecule has 0 aliphatic carbocycles. The molecule has 2 aromatic rings. The molecule has 0 spiro atoms. The molecule has 0 aromatic heterocycles. The minimum Gasteiger partial charge on any atom is -0.373 e. The Morgan fingerprint density at radius 3 is 2.48 bits per heavy atom. The Morgan fingerprint density at radius 2 is 1.73 bits per heavy atom. The van der Waals surface area contributed by atoms with Crippen LogP contribution in [0.25, 0.3) is 10.8 Å². The molecule has 6 nitrogen and oxygen atoms in total. The molecule has 2 fully saturated rings. The molecule has 2 aliphatic heterocycles. The van der Waals surface area contributed by atoms with Gasteiger partial charge in [-0.25, -0.2) is 0 Å². The number of rotatable bonds is 5. The zero-order valence-electron chi connectivity index (χ0n) is 20.3. The van der Waals surface area contributed by atoms with Gasteiger partial charge in [0.2, 0.25) is 5.91 Å². The topological polar surface area (TPSA) is 61.9 Å². The SMILES string of the molecule is C[C@@H]1CN(C(C)(C)CNC(=O)[C@@H]2CCCN(C(=O)c3cccc4ccccc34)C2)C[C@H](C)O1. The van der Waals surface area contributed by atoms with Crippen molar-refractivity contribution in [1.29, 1.82) is 0 Å². The number of amides is 2. The van der Waals surface area contributed by atoms with Crippen LogP contribution in [0.5, 0.6) is 0 Å². The predicted molar refractivity (Wildman–Crippen MR) is 131 cm³/mol. The average Bonchev–Trinajstić information content (AvgIpc) is 2.81. The van der Waals surface area contributed by atoms with E-state index in [1.54, 1.807) is 0 Å². The number of morpholine rings is 1. The van der Waals surface area contributed by atoms with Gasteiger partial charge in [0.25, 0.3) is 5.91 Å². The first-order valence-electron chi connectivity index (χ1n) is 12.2. The van der Waals surface area contributed by atoms with Crippen LogP contribution in [0.1, 0.15) is 50.9 Å². The number of fused-ring (bicyclic) bond motifs is 1. The predicted octanol–water partition coefficient (Wildman–Crippen LogP) is 3.70. The Bertz CT molecular complexity index is 990. The van der Waals surface area contributed by atoms with Crippen molar-refractivity contribution in [2.24, 2.45) is 5.92 Å². The molecule has 6 heteroatoms. The Labute approximate surface area is 197 Å². The maximum Gasteiger partial charge on any atom is 0.254 e. The van der Waals surface area contributed by atoms with E-state index in [-0.39, 0.29) is 35.5 Å². The van der Waals surface area contributed by atoms with E-state index in [9.17, 15) is 9.59 Å². The summed E-state index contributed by atoms with van der Waals surface area (Å²) in [6.45, 7) is 12.0. The first kappa shape index (κ1) is 23.7. The first-order chi connectivity index (χ1) is 15.7. The van der Waals surface area contributed by atoms with E-state index in [1.807, 2.05) is 47.4 Å². The molecule has 4 rings (SSSR count). The highest BCUT2D eigenvalue weighted by molar-refractivity contribution is 6.07. The smallest absolute Gasteiger partial charge is 0.254 e. The lowest BCUT2D eigenvalue weighted by Crippen LogP contribution is -2.59. The summed E-state index contributed by atoms with van der Waals surface area (Å²) in [6.07, 6.45) is 2.04. The van der Waals surface area contributed by atoms with Gasteiger partial charge in [-0.3, -0.25) is 14.5 Å². The van der Waals surface area contributed by atoms with Crippen molar-refractivity contribution >= 4 is 22.6 Å². The normalized spacial score (nSPS) is 24.6. The molecule has 2 aliphatic rings. The molecule has 2 heterocycles. The van der Waals surface area contributed by atoms with Gasteiger partial charge < -0.3 is 15.0 Å². The van der Waals surface area contributed by atoms with Crippen molar-refractivity contribution in [2.75, 3.05) is 32.7 Å². The summed E-state index contributed by atoms with van der Waals surface area (Å²) in [5.74, 6) is -0.107. The van der Waals surface area contributed by atoms with Crippen molar-refractivity contribution in [3.8, 4) is 0 Å². The number of hydrogen-bond acceptors (Lipinski definition) is 4. The summed E-state index contributed by atoms with van der Waals surface area (Å²) in [7, 11) is 0. The lowest BCUT2D eigenvalue weighted by molar-refractivity contribution is -0.128. The van der Waals surface area contributed by atoms with Crippen LogP contribution in [-0.2, 0) is 9.53 Å². The van der Waals surface area contributed by atoms with E-state index in [4.69, 9.17) is 4.74 Å². The number of ether oxygens (including phenoxy) is 1. The van der Waals surface area contributed by atoms with Crippen molar-refractivity contribution in [1.82, 2.24) is 15.1 Å². The van der Waals surface area contributed by atoms with Gasteiger partial charge in [0.15, 0.2) is 0 Å². The highest BCUT2D eigenvalue weighted by Crippen LogP contribution is 2.25. The fraction of sp³-hybridized carbons (Fsp3) is 0.556. The molecule has 0 unspecified atom stereocenters. The number of carbonyl (C=O) groups is 2. The number of carbonyl (C=O) groups excluding carboxylic acids is 2. The van der Waals surface area contributed by atoms with Crippen molar-refractivity contribution in [2.45, 2.75) is 58.3 Å². The second kappa shape index (κ2) is 9.82. The minimum atomic E-state index is -0.170. The maximum absolute atomic E-state index is 13.3. The molecule has 178 valence electrons.